The maximum Gasteiger partial charge on any atom is 0.337 e. The van der Waals surface area contributed by atoms with Gasteiger partial charge in [-0.3, -0.25) is 0 Å². The first-order valence-corrected chi connectivity index (χ1v) is 11.2. The maximum absolute atomic E-state index is 11.9. The molecule has 6 heteroatoms. The van der Waals surface area contributed by atoms with Crippen LogP contribution in [-0.4, -0.2) is 30.3 Å². The van der Waals surface area contributed by atoms with E-state index in [0.29, 0.717) is 18.8 Å². The van der Waals surface area contributed by atoms with Gasteiger partial charge in [0.05, 0.1) is 23.5 Å². The molecule has 4 aromatic carbocycles. The molecule has 0 saturated carbocycles. The minimum Gasteiger partial charge on any atom is -0.485 e. The first kappa shape index (κ1) is 23.6. The van der Waals surface area contributed by atoms with E-state index < -0.39 is 5.97 Å². The van der Waals surface area contributed by atoms with Crippen LogP contribution in [0.3, 0.4) is 0 Å². The molecule has 34 heavy (non-hydrogen) atoms. The SMILES string of the molecule is C[C@@H](NCC1CN(c2ccccc2C(=O)O)c2ccccc2O1)c1cccc2ccccc12.Cl. The number of carbonyl (C=O) groups is 1. The highest BCUT2D eigenvalue weighted by atomic mass is 35.5. The van der Waals surface area contributed by atoms with E-state index in [1.807, 2.05) is 36.4 Å². The number of anilines is 2. The second-order valence-electron chi connectivity index (χ2n) is 8.34. The lowest BCUT2D eigenvalue weighted by Crippen LogP contribution is -2.44. The number of rotatable bonds is 6. The monoisotopic (exact) mass is 474 g/mol. The molecule has 0 bridgehead atoms. The Morgan fingerprint density at radius 3 is 2.47 bits per heavy atom. The minimum absolute atomic E-state index is 0. The number of ether oxygens (including phenoxy) is 1. The standard InChI is InChI=1S/C28H26N2O3.ClH/c1-19(22-13-8-10-20-9-2-3-11-23(20)22)29-17-21-18-30(26-15-6-7-16-27(26)33-21)25-14-5-4-12-24(25)28(31)32;/h2-16,19,21,29H,17-18H2,1H3,(H,31,32);1H/t19-,21?;/m1./s1. The molecular formula is C28H27ClN2O3. The van der Waals surface area contributed by atoms with Gasteiger partial charge in [-0.1, -0.05) is 66.7 Å². The van der Waals surface area contributed by atoms with Gasteiger partial charge in [0.25, 0.3) is 0 Å². The lowest BCUT2D eigenvalue weighted by Gasteiger charge is -2.37. The molecule has 1 aliphatic rings. The smallest absolute Gasteiger partial charge is 0.337 e. The molecule has 174 valence electrons. The highest BCUT2D eigenvalue weighted by molar-refractivity contribution is 5.96. The van der Waals surface area contributed by atoms with Crippen molar-refractivity contribution in [3.63, 3.8) is 0 Å². The summed E-state index contributed by atoms with van der Waals surface area (Å²) in [6.07, 6.45) is -0.140. The Bertz CT molecular complexity index is 1300. The Hall–Kier alpha value is -3.54. The van der Waals surface area contributed by atoms with Gasteiger partial charge in [-0.2, -0.15) is 0 Å². The van der Waals surface area contributed by atoms with Gasteiger partial charge >= 0.3 is 5.97 Å². The molecule has 4 aromatic rings. The Balaban J connectivity index is 0.00000274. The summed E-state index contributed by atoms with van der Waals surface area (Å²) in [5.74, 6) is -0.178. The van der Waals surface area contributed by atoms with Gasteiger partial charge in [-0.05, 0) is 47.5 Å². The van der Waals surface area contributed by atoms with E-state index in [2.05, 4.69) is 59.6 Å². The van der Waals surface area contributed by atoms with Crippen LogP contribution in [0.25, 0.3) is 10.8 Å². The van der Waals surface area contributed by atoms with Gasteiger partial charge in [0, 0.05) is 12.6 Å². The van der Waals surface area contributed by atoms with E-state index in [0.717, 1.165) is 11.4 Å². The molecule has 5 nitrogen and oxygen atoms in total. The number of fused-ring (bicyclic) bond motifs is 2. The third-order valence-electron chi connectivity index (χ3n) is 6.20. The number of hydrogen-bond acceptors (Lipinski definition) is 4. The van der Waals surface area contributed by atoms with Crippen LogP contribution in [0, 0.1) is 0 Å². The normalized spacial score (nSPS) is 15.7. The van der Waals surface area contributed by atoms with Crippen molar-refractivity contribution in [3.05, 3.63) is 102 Å². The highest BCUT2D eigenvalue weighted by Gasteiger charge is 2.29. The zero-order valence-corrected chi connectivity index (χ0v) is 19.7. The fourth-order valence-electron chi connectivity index (χ4n) is 4.57. The van der Waals surface area contributed by atoms with Crippen LogP contribution in [0.1, 0.15) is 28.9 Å². The lowest BCUT2D eigenvalue weighted by molar-refractivity contribution is 0.0697. The summed E-state index contributed by atoms with van der Waals surface area (Å²) in [4.78, 5) is 13.9. The molecule has 0 fully saturated rings. The Labute approximate surface area is 205 Å². The fraction of sp³-hybridized carbons (Fsp3) is 0.179. The molecule has 0 amide bonds. The number of aromatic carboxylic acids is 1. The van der Waals surface area contributed by atoms with Crippen molar-refractivity contribution < 1.29 is 14.6 Å². The van der Waals surface area contributed by atoms with Gasteiger partial charge in [-0.25, -0.2) is 4.79 Å². The van der Waals surface area contributed by atoms with Crippen LogP contribution in [0.5, 0.6) is 5.75 Å². The van der Waals surface area contributed by atoms with Crippen molar-refractivity contribution >= 4 is 40.5 Å². The van der Waals surface area contributed by atoms with Crippen LogP contribution in [0.15, 0.2) is 91.0 Å². The van der Waals surface area contributed by atoms with Crippen LogP contribution in [0.4, 0.5) is 11.4 Å². The topological polar surface area (TPSA) is 61.8 Å². The Kier molecular flexibility index (Phi) is 7.06. The van der Waals surface area contributed by atoms with Crippen LogP contribution >= 0.6 is 12.4 Å². The summed E-state index contributed by atoms with van der Waals surface area (Å²) < 4.78 is 6.31. The molecule has 1 aliphatic heterocycles. The molecule has 0 radical (unpaired) electrons. The first-order chi connectivity index (χ1) is 16.1. The third kappa shape index (κ3) is 4.58. The van der Waals surface area contributed by atoms with E-state index in [4.69, 9.17) is 4.74 Å². The molecule has 0 saturated heterocycles. The predicted octanol–water partition coefficient (Wildman–Crippen LogP) is 6.21. The van der Waals surface area contributed by atoms with Gasteiger partial charge in [-0.15, -0.1) is 12.4 Å². The quantitative estimate of drug-likeness (QED) is 0.348. The van der Waals surface area contributed by atoms with Gasteiger partial charge in [0.15, 0.2) is 0 Å². The molecule has 2 atom stereocenters. The Morgan fingerprint density at radius 1 is 0.971 bits per heavy atom. The highest BCUT2D eigenvalue weighted by Crippen LogP contribution is 2.39. The summed E-state index contributed by atoms with van der Waals surface area (Å²) in [7, 11) is 0. The maximum atomic E-state index is 11.9. The summed E-state index contributed by atoms with van der Waals surface area (Å²) in [5.41, 5.74) is 3.08. The number of para-hydroxylation sites is 3. The number of nitrogens with zero attached hydrogens (tertiary/aromatic N) is 1. The summed E-state index contributed by atoms with van der Waals surface area (Å²) in [6, 6.07) is 29.8. The summed E-state index contributed by atoms with van der Waals surface area (Å²) in [6.45, 7) is 3.34. The fourth-order valence-corrected chi connectivity index (χ4v) is 4.57. The second kappa shape index (κ2) is 10.2. The third-order valence-corrected chi connectivity index (χ3v) is 6.20. The number of nitrogens with one attached hydrogen (secondary N) is 1. The van der Waals surface area contributed by atoms with Crippen molar-refractivity contribution in [2.45, 2.75) is 19.1 Å². The predicted molar refractivity (Wildman–Crippen MR) is 139 cm³/mol. The lowest BCUT2D eigenvalue weighted by atomic mass is 9.99. The Morgan fingerprint density at radius 2 is 1.65 bits per heavy atom. The van der Waals surface area contributed by atoms with Crippen molar-refractivity contribution in [1.29, 1.82) is 0 Å². The number of carboxylic acid groups (broad SMARTS) is 1. The number of carboxylic acids is 1. The first-order valence-electron chi connectivity index (χ1n) is 11.2. The zero-order chi connectivity index (χ0) is 22.8. The van der Waals surface area contributed by atoms with Crippen LogP contribution < -0.4 is 15.0 Å². The van der Waals surface area contributed by atoms with Crippen molar-refractivity contribution in [1.82, 2.24) is 5.32 Å². The average Bonchev–Trinajstić information content (AvgIpc) is 2.86. The largest absolute Gasteiger partial charge is 0.485 e. The van der Waals surface area contributed by atoms with E-state index in [-0.39, 0.29) is 30.1 Å². The summed E-state index contributed by atoms with van der Waals surface area (Å²) in [5, 5.41) is 15.8. The van der Waals surface area contributed by atoms with E-state index in [9.17, 15) is 9.90 Å². The van der Waals surface area contributed by atoms with Crippen LogP contribution in [-0.2, 0) is 0 Å². The summed E-state index contributed by atoms with van der Waals surface area (Å²) >= 11 is 0. The van der Waals surface area contributed by atoms with Crippen LogP contribution in [0.2, 0.25) is 0 Å². The van der Waals surface area contributed by atoms with E-state index in [1.54, 1.807) is 12.1 Å². The molecule has 1 heterocycles. The molecule has 0 aromatic heterocycles. The van der Waals surface area contributed by atoms with Gasteiger partial charge in [0.1, 0.15) is 11.9 Å². The van der Waals surface area contributed by atoms with Gasteiger partial charge in [0.2, 0.25) is 0 Å². The molecule has 5 rings (SSSR count). The van der Waals surface area contributed by atoms with Gasteiger partial charge < -0.3 is 20.1 Å². The average molecular weight is 475 g/mol. The van der Waals surface area contributed by atoms with E-state index >= 15 is 0 Å². The van der Waals surface area contributed by atoms with E-state index in [1.165, 1.54) is 16.3 Å². The molecular weight excluding hydrogens is 448 g/mol. The molecule has 0 spiro atoms. The number of halogens is 1. The van der Waals surface area contributed by atoms with Crippen molar-refractivity contribution in [2.75, 3.05) is 18.0 Å². The minimum atomic E-state index is -0.936. The molecule has 0 aliphatic carbocycles. The molecule has 1 unspecified atom stereocenters. The number of benzene rings is 4. The van der Waals surface area contributed by atoms with Crippen molar-refractivity contribution in [3.8, 4) is 5.75 Å². The second-order valence-corrected chi connectivity index (χ2v) is 8.34. The molecule has 2 N–H and O–H groups in total. The zero-order valence-electron chi connectivity index (χ0n) is 18.8. The number of hydrogen-bond donors (Lipinski definition) is 2. The van der Waals surface area contributed by atoms with Crippen molar-refractivity contribution in [2.24, 2.45) is 0 Å².